The number of hydrogen-bond donors (Lipinski definition) is 1. The largest absolute Gasteiger partial charge is 0.480 e. The van der Waals surface area contributed by atoms with Crippen molar-refractivity contribution in [3.63, 3.8) is 0 Å². The molecule has 0 aliphatic heterocycles. The molecule has 0 radical (unpaired) electrons. The monoisotopic (exact) mass is 636 g/mol. The van der Waals surface area contributed by atoms with Crippen molar-refractivity contribution in [3.8, 4) is 11.4 Å². The van der Waals surface area contributed by atoms with Crippen LogP contribution < -0.4 is 15.7 Å². The third-order valence-corrected chi connectivity index (χ3v) is 7.11. The Morgan fingerprint density at radius 1 is 1.05 bits per heavy atom. The molecule has 0 saturated carbocycles. The maximum Gasteiger partial charge on any atom is 0.425 e. The van der Waals surface area contributed by atoms with E-state index in [1.165, 1.54) is 23.7 Å². The Morgan fingerprint density at radius 3 is 2.43 bits per heavy atom. The van der Waals surface area contributed by atoms with Crippen molar-refractivity contribution >= 4 is 34.0 Å². The fourth-order valence-electron chi connectivity index (χ4n) is 4.57. The minimum absolute atomic E-state index is 0.0503. The number of nitrogens with zero attached hydrogens (tertiary/aromatic N) is 5. The predicted octanol–water partition coefficient (Wildman–Crippen LogP) is 6.66. The van der Waals surface area contributed by atoms with Gasteiger partial charge in [-0.25, -0.2) is 13.6 Å². The molecule has 0 fully saturated rings. The fraction of sp³-hybridized carbons (Fsp3) is 0.276. The molecular formula is C29H26ClF5N6O3. The lowest BCUT2D eigenvalue weighted by molar-refractivity contribution is -0.188. The Balaban J connectivity index is 1.63. The summed E-state index contributed by atoms with van der Waals surface area (Å²) in [6, 6.07) is 14.0. The molecule has 44 heavy (non-hydrogen) atoms. The zero-order valence-corrected chi connectivity index (χ0v) is 24.4. The first-order valence-electron chi connectivity index (χ1n) is 13.3. The number of hydrogen-bond acceptors (Lipinski definition) is 6. The molecule has 2 aromatic heterocycles. The van der Waals surface area contributed by atoms with E-state index in [1.54, 1.807) is 6.92 Å². The van der Waals surface area contributed by atoms with Crippen LogP contribution in [0.5, 0.6) is 5.75 Å². The van der Waals surface area contributed by atoms with E-state index in [4.69, 9.17) is 21.1 Å². The molecule has 9 nitrogen and oxygen atoms in total. The summed E-state index contributed by atoms with van der Waals surface area (Å²) in [6.45, 7) is 2.72. The first-order valence-corrected chi connectivity index (χ1v) is 13.7. The van der Waals surface area contributed by atoms with Gasteiger partial charge in [0.05, 0.1) is 22.7 Å². The van der Waals surface area contributed by atoms with Gasteiger partial charge in [0.25, 0.3) is 0 Å². The third-order valence-electron chi connectivity index (χ3n) is 6.79. The van der Waals surface area contributed by atoms with Gasteiger partial charge in [-0.3, -0.25) is 9.25 Å². The zero-order chi connectivity index (χ0) is 31.8. The first-order chi connectivity index (χ1) is 20.9. The molecule has 3 aromatic carbocycles. The SMILES string of the molecule is CCn1c(COCc2ccccc2)nn(-c2cc(OC(C)C(F)(F)F)c3c(Nc4c(F)cccc4Cl)nn(C)c3c2F)c1=O. The van der Waals surface area contributed by atoms with Gasteiger partial charge in [-0.15, -0.1) is 5.10 Å². The highest BCUT2D eigenvalue weighted by molar-refractivity contribution is 6.33. The molecule has 0 saturated heterocycles. The zero-order valence-electron chi connectivity index (χ0n) is 23.6. The van der Waals surface area contributed by atoms with E-state index in [9.17, 15) is 22.4 Å². The van der Waals surface area contributed by atoms with Gasteiger partial charge >= 0.3 is 11.9 Å². The molecule has 5 rings (SSSR count). The van der Waals surface area contributed by atoms with Crippen LogP contribution in [0.3, 0.4) is 0 Å². The number of nitrogens with one attached hydrogen (secondary N) is 1. The number of para-hydroxylation sites is 1. The van der Waals surface area contributed by atoms with Crippen LogP contribution in [0, 0.1) is 11.6 Å². The number of aromatic nitrogens is 5. The Bertz CT molecular complexity index is 1850. The smallest absolute Gasteiger partial charge is 0.425 e. The number of benzene rings is 3. The summed E-state index contributed by atoms with van der Waals surface area (Å²) in [5.74, 6) is -2.36. The van der Waals surface area contributed by atoms with Gasteiger partial charge in [0.15, 0.2) is 23.6 Å². The lowest BCUT2D eigenvalue weighted by Crippen LogP contribution is -2.31. The van der Waals surface area contributed by atoms with Crippen LogP contribution in [0.4, 0.5) is 33.5 Å². The Hall–Kier alpha value is -4.43. The van der Waals surface area contributed by atoms with Crippen molar-refractivity contribution in [2.45, 2.75) is 45.9 Å². The number of ether oxygens (including phenoxy) is 2. The summed E-state index contributed by atoms with van der Waals surface area (Å²) in [5.41, 5.74) is -0.917. The van der Waals surface area contributed by atoms with Crippen molar-refractivity contribution in [2.24, 2.45) is 7.05 Å². The van der Waals surface area contributed by atoms with Crippen molar-refractivity contribution in [3.05, 3.63) is 93.1 Å². The summed E-state index contributed by atoms with van der Waals surface area (Å²) in [4.78, 5) is 13.4. The highest BCUT2D eigenvalue weighted by atomic mass is 35.5. The van der Waals surface area contributed by atoms with Crippen LogP contribution >= 0.6 is 11.6 Å². The van der Waals surface area contributed by atoms with E-state index < -0.39 is 41.0 Å². The average molecular weight is 637 g/mol. The maximum absolute atomic E-state index is 16.3. The Kier molecular flexibility index (Phi) is 8.66. The second-order valence-corrected chi connectivity index (χ2v) is 10.2. The number of anilines is 2. The van der Waals surface area contributed by atoms with Crippen LogP contribution in [-0.4, -0.2) is 36.4 Å². The predicted molar refractivity (Wildman–Crippen MR) is 154 cm³/mol. The number of aryl methyl sites for hydroxylation is 1. The van der Waals surface area contributed by atoms with Gasteiger partial charge in [0, 0.05) is 19.7 Å². The lowest BCUT2D eigenvalue weighted by Gasteiger charge is -2.19. The lowest BCUT2D eigenvalue weighted by atomic mass is 10.1. The van der Waals surface area contributed by atoms with Crippen molar-refractivity contribution in [1.82, 2.24) is 24.1 Å². The Labute approximate surface area is 252 Å². The molecule has 0 bridgehead atoms. The highest BCUT2D eigenvalue weighted by Gasteiger charge is 2.39. The van der Waals surface area contributed by atoms with Crippen molar-refractivity contribution in [1.29, 1.82) is 0 Å². The van der Waals surface area contributed by atoms with Gasteiger partial charge < -0.3 is 14.8 Å². The van der Waals surface area contributed by atoms with E-state index >= 15 is 4.39 Å². The second-order valence-electron chi connectivity index (χ2n) is 9.76. The minimum Gasteiger partial charge on any atom is -0.480 e. The molecule has 15 heteroatoms. The molecule has 1 atom stereocenters. The number of rotatable bonds is 10. The molecule has 0 aliphatic rings. The van der Waals surface area contributed by atoms with Crippen LogP contribution in [0.2, 0.25) is 5.02 Å². The van der Waals surface area contributed by atoms with E-state index in [1.807, 2.05) is 30.3 Å². The standard InChI is InChI=1S/C29H26ClF5N6O3/c1-4-40-22(15-43-14-17-9-6-5-7-10-17)37-41(28(40)42)20-13-21(44-16(2)29(33,34)35)23-26(24(20)32)39(3)38-27(23)36-25-18(30)11-8-12-19(25)31/h5-13,16H,4,14-15H2,1-3H3,(H,36,38). The quantitative estimate of drug-likeness (QED) is 0.173. The van der Waals surface area contributed by atoms with Gasteiger partial charge in [-0.1, -0.05) is 48.0 Å². The molecule has 0 aliphatic carbocycles. The van der Waals surface area contributed by atoms with Gasteiger partial charge in [0.1, 0.15) is 29.4 Å². The molecule has 2 heterocycles. The fourth-order valence-corrected chi connectivity index (χ4v) is 4.78. The van der Waals surface area contributed by atoms with E-state index in [0.717, 1.165) is 34.0 Å². The summed E-state index contributed by atoms with van der Waals surface area (Å²) >= 11 is 6.13. The van der Waals surface area contributed by atoms with Crippen molar-refractivity contribution < 1.29 is 31.4 Å². The van der Waals surface area contributed by atoms with Gasteiger partial charge in [-0.05, 0) is 31.5 Å². The van der Waals surface area contributed by atoms with Gasteiger partial charge in [-0.2, -0.15) is 23.0 Å². The van der Waals surface area contributed by atoms with Gasteiger partial charge in [0.2, 0.25) is 0 Å². The maximum atomic E-state index is 16.3. The molecule has 232 valence electrons. The molecule has 1 N–H and O–H groups in total. The van der Waals surface area contributed by atoms with Crippen LogP contribution in [0.1, 0.15) is 25.2 Å². The van der Waals surface area contributed by atoms with Crippen molar-refractivity contribution in [2.75, 3.05) is 5.32 Å². The summed E-state index contributed by atoms with van der Waals surface area (Å²) in [7, 11) is 1.33. The number of halogens is 6. The van der Waals surface area contributed by atoms with Crippen LogP contribution in [0.15, 0.2) is 59.4 Å². The highest BCUT2D eigenvalue weighted by Crippen LogP contribution is 2.40. The summed E-state index contributed by atoms with van der Waals surface area (Å²) in [5, 5.41) is 10.8. The first kappa shape index (κ1) is 31.0. The molecule has 5 aromatic rings. The molecular weight excluding hydrogens is 611 g/mol. The normalized spacial score (nSPS) is 12.6. The minimum atomic E-state index is -4.80. The summed E-state index contributed by atoms with van der Waals surface area (Å²) in [6.07, 6.45) is -7.14. The topological polar surface area (TPSA) is 88.1 Å². The summed E-state index contributed by atoms with van der Waals surface area (Å²) < 4.78 is 85.7. The third kappa shape index (κ3) is 5.99. The molecule has 1 unspecified atom stereocenters. The number of fused-ring (bicyclic) bond motifs is 1. The van der Waals surface area contributed by atoms with E-state index in [-0.39, 0.29) is 53.0 Å². The molecule has 0 amide bonds. The van der Waals surface area contributed by atoms with E-state index in [0.29, 0.717) is 0 Å². The van der Waals surface area contributed by atoms with Crippen LogP contribution in [-0.2, 0) is 31.5 Å². The van der Waals surface area contributed by atoms with E-state index in [2.05, 4.69) is 15.5 Å². The Morgan fingerprint density at radius 2 is 1.77 bits per heavy atom. The second kappa shape index (κ2) is 12.3. The number of alkyl halides is 3. The molecule has 0 spiro atoms. The average Bonchev–Trinajstić information content (AvgIpc) is 3.48. The van der Waals surface area contributed by atoms with Crippen LogP contribution in [0.25, 0.3) is 16.6 Å².